The fourth-order valence-electron chi connectivity index (χ4n) is 4.12. The third kappa shape index (κ3) is 3.45. The molecule has 2 aliphatic carbocycles. The molecule has 0 heterocycles. The van der Waals surface area contributed by atoms with Gasteiger partial charge in [0.25, 0.3) is 0 Å². The standard InChI is InChI=1S/C22H24.Hf/c1-16(17-7-3-2-4-8-17)13-20-11-12-21-14-18-9-5-6-10-19(18)15-22(20)21;/h2-4,7-8,11-12,14-16,20H,5-6,9-10,13H2,1H3;. The average molecular weight is 467 g/mol. The SMILES string of the molecule is CC(CC1C=Cc2cc3c(cc21)CCCC3)c1ccccc1.[Hf]. The van der Waals surface area contributed by atoms with Gasteiger partial charge in [-0.15, -0.1) is 0 Å². The van der Waals surface area contributed by atoms with E-state index >= 15 is 0 Å². The molecule has 0 saturated heterocycles. The van der Waals surface area contributed by atoms with Gasteiger partial charge in [-0.3, -0.25) is 0 Å². The predicted octanol–water partition coefficient (Wildman–Crippen LogP) is 5.87. The summed E-state index contributed by atoms with van der Waals surface area (Å²) in [5, 5.41) is 0. The normalized spacial score (nSPS) is 19.6. The maximum Gasteiger partial charge on any atom is 0.00330 e. The summed E-state index contributed by atoms with van der Waals surface area (Å²) >= 11 is 0. The topological polar surface area (TPSA) is 0 Å². The van der Waals surface area contributed by atoms with Crippen molar-refractivity contribution in [1.29, 1.82) is 0 Å². The second-order valence-electron chi connectivity index (χ2n) is 6.97. The Morgan fingerprint density at radius 3 is 2.43 bits per heavy atom. The van der Waals surface area contributed by atoms with Crippen LogP contribution in [-0.4, -0.2) is 0 Å². The van der Waals surface area contributed by atoms with E-state index in [1.165, 1.54) is 43.2 Å². The number of hydrogen-bond donors (Lipinski definition) is 0. The van der Waals surface area contributed by atoms with Crippen molar-refractivity contribution in [2.75, 3.05) is 0 Å². The Kier molecular flexibility index (Phi) is 5.36. The molecular formula is C22H24Hf. The maximum atomic E-state index is 2.52. The van der Waals surface area contributed by atoms with Crippen LogP contribution in [0, 0.1) is 0 Å². The first kappa shape index (κ1) is 16.9. The molecule has 2 aromatic carbocycles. The van der Waals surface area contributed by atoms with Crippen LogP contribution in [0.15, 0.2) is 48.5 Å². The van der Waals surface area contributed by atoms with Crippen LogP contribution in [0.5, 0.6) is 0 Å². The van der Waals surface area contributed by atoms with Gasteiger partial charge in [-0.1, -0.05) is 61.5 Å². The van der Waals surface area contributed by atoms with Gasteiger partial charge in [-0.25, -0.2) is 0 Å². The maximum absolute atomic E-state index is 2.52. The minimum absolute atomic E-state index is 0. The molecule has 0 nitrogen and oxygen atoms in total. The van der Waals surface area contributed by atoms with E-state index in [0.717, 1.165) is 0 Å². The Balaban J connectivity index is 0.00000156. The molecule has 0 spiro atoms. The Morgan fingerprint density at radius 1 is 1.00 bits per heavy atom. The summed E-state index contributed by atoms with van der Waals surface area (Å²) in [5.74, 6) is 1.20. The Labute approximate surface area is 158 Å². The molecule has 0 bridgehead atoms. The van der Waals surface area contributed by atoms with Crippen molar-refractivity contribution in [3.8, 4) is 0 Å². The van der Waals surface area contributed by atoms with Crippen LogP contribution in [0.2, 0.25) is 0 Å². The molecule has 2 unspecified atom stereocenters. The fraction of sp³-hybridized carbons (Fsp3) is 0.364. The van der Waals surface area contributed by atoms with Gasteiger partial charge < -0.3 is 0 Å². The molecule has 0 fully saturated rings. The first-order valence-corrected chi connectivity index (χ1v) is 8.70. The van der Waals surface area contributed by atoms with Crippen molar-refractivity contribution in [3.05, 3.63) is 76.4 Å². The summed E-state index contributed by atoms with van der Waals surface area (Å²) < 4.78 is 0. The van der Waals surface area contributed by atoms with Gasteiger partial charge in [-0.05, 0) is 65.8 Å². The van der Waals surface area contributed by atoms with Gasteiger partial charge in [0.05, 0.1) is 0 Å². The molecule has 0 amide bonds. The number of fused-ring (bicyclic) bond motifs is 2. The minimum atomic E-state index is 0. The van der Waals surface area contributed by atoms with Crippen molar-refractivity contribution >= 4 is 6.08 Å². The molecule has 116 valence electrons. The van der Waals surface area contributed by atoms with Gasteiger partial charge in [-0.2, -0.15) is 0 Å². The van der Waals surface area contributed by atoms with E-state index in [1.54, 1.807) is 16.7 Å². The largest absolute Gasteiger partial charge is 0.0764 e. The first-order valence-electron chi connectivity index (χ1n) is 8.70. The molecule has 0 aromatic heterocycles. The molecule has 2 aromatic rings. The zero-order chi connectivity index (χ0) is 14.9. The molecule has 0 saturated carbocycles. The van der Waals surface area contributed by atoms with Crippen molar-refractivity contribution in [3.63, 3.8) is 0 Å². The summed E-state index contributed by atoms with van der Waals surface area (Å²) in [4.78, 5) is 0. The quantitative estimate of drug-likeness (QED) is 0.496. The van der Waals surface area contributed by atoms with Gasteiger partial charge in [0, 0.05) is 31.8 Å². The average Bonchev–Trinajstić information content (AvgIpc) is 2.95. The summed E-state index contributed by atoms with van der Waals surface area (Å²) in [6, 6.07) is 15.9. The van der Waals surface area contributed by atoms with Crippen LogP contribution in [0.25, 0.3) is 6.08 Å². The van der Waals surface area contributed by atoms with Crippen LogP contribution in [-0.2, 0) is 38.7 Å². The van der Waals surface area contributed by atoms with Crippen LogP contribution >= 0.6 is 0 Å². The van der Waals surface area contributed by atoms with Crippen LogP contribution in [0.1, 0.15) is 65.8 Å². The summed E-state index contributed by atoms with van der Waals surface area (Å²) in [7, 11) is 0. The molecule has 4 rings (SSSR count). The van der Waals surface area contributed by atoms with Crippen LogP contribution in [0.4, 0.5) is 0 Å². The van der Waals surface area contributed by atoms with E-state index in [4.69, 9.17) is 0 Å². The Bertz CT molecular complexity index is 699. The summed E-state index contributed by atoms with van der Waals surface area (Å²) in [6.45, 7) is 2.36. The monoisotopic (exact) mass is 468 g/mol. The number of allylic oxidation sites excluding steroid dienone is 1. The van der Waals surface area contributed by atoms with E-state index in [2.05, 4.69) is 61.5 Å². The van der Waals surface area contributed by atoms with Crippen molar-refractivity contribution < 1.29 is 25.8 Å². The van der Waals surface area contributed by atoms with Gasteiger partial charge in [0.1, 0.15) is 0 Å². The molecule has 23 heavy (non-hydrogen) atoms. The molecule has 0 radical (unpaired) electrons. The van der Waals surface area contributed by atoms with E-state index in [-0.39, 0.29) is 25.8 Å². The first-order chi connectivity index (χ1) is 10.8. The minimum Gasteiger partial charge on any atom is -0.0764 e. The molecule has 0 aliphatic heterocycles. The van der Waals surface area contributed by atoms with E-state index in [9.17, 15) is 0 Å². The molecule has 2 atom stereocenters. The van der Waals surface area contributed by atoms with E-state index in [1.807, 2.05) is 0 Å². The van der Waals surface area contributed by atoms with E-state index < -0.39 is 0 Å². The summed E-state index contributed by atoms with van der Waals surface area (Å²) in [6.07, 6.45) is 11.3. The number of hydrogen-bond acceptors (Lipinski definition) is 0. The zero-order valence-electron chi connectivity index (χ0n) is 13.9. The van der Waals surface area contributed by atoms with Crippen LogP contribution in [0.3, 0.4) is 0 Å². The molecule has 1 heteroatoms. The zero-order valence-corrected chi connectivity index (χ0v) is 17.5. The number of benzene rings is 2. The van der Waals surface area contributed by atoms with Crippen molar-refractivity contribution in [2.45, 2.75) is 50.9 Å². The van der Waals surface area contributed by atoms with Gasteiger partial charge in [0.2, 0.25) is 0 Å². The molecule has 2 aliphatic rings. The Hall–Kier alpha value is -0.950. The second-order valence-corrected chi connectivity index (χ2v) is 6.97. The molecular weight excluding hydrogens is 443 g/mol. The molecule has 0 N–H and O–H groups in total. The smallest absolute Gasteiger partial charge is 0.00330 e. The second kappa shape index (κ2) is 7.30. The van der Waals surface area contributed by atoms with E-state index in [0.29, 0.717) is 11.8 Å². The summed E-state index contributed by atoms with van der Waals surface area (Å²) in [5.41, 5.74) is 7.73. The van der Waals surface area contributed by atoms with Crippen molar-refractivity contribution in [2.24, 2.45) is 0 Å². The fourth-order valence-corrected chi connectivity index (χ4v) is 4.12. The number of rotatable bonds is 3. The third-order valence-corrected chi connectivity index (χ3v) is 5.43. The third-order valence-electron chi connectivity index (χ3n) is 5.43. The van der Waals surface area contributed by atoms with Crippen molar-refractivity contribution in [1.82, 2.24) is 0 Å². The number of aryl methyl sites for hydroxylation is 2. The predicted molar refractivity (Wildman–Crippen MR) is 94.3 cm³/mol. The van der Waals surface area contributed by atoms with Gasteiger partial charge in [0.15, 0.2) is 0 Å². The van der Waals surface area contributed by atoms with Gasteiger partial charge >= 0.3 is 0 Å². The Morgan fingerprint density at radius 2 is 1.70 bits per heavy atom. The van der Waals surface area contributed by atoms with Crippen LogP contribution < -0.4 is 0 Å².